The van der Waals surface area contributed by atoms with Crippen LogP contribution in [0.1, 0.15) is 36.4 Å². The van der Waals surface area contributed by atoms with Crippen molar-refractivity contribution in [1.82, 2.24) is 23.7 Å². The van der Waals surface area contributed by atoms with Crippen LogP contribution in [0.3, 0.4) is 0 Å². The highest BCUT2D eigenvalue weighted by Gasteiger charge is 2.66. The van der Waals surface area contributed by atoms with Crippen molar-refractivity contribution in [2.24, 2.45) is 25.4 Å². The number of rotatable bonds is 4. The first kappa shape index (κ1) is 31.8. The van der Waals surface area contributed by atoms with Gasteiger partial charge in [-0.05, 0) is 67.1 Å². The molecule has 0 radical (unpaired) electrons. The number of carbonyl (C=O) groups excluding carboxylic acids is 2. The van der Waals surface area contributed by atoms with Crippen LogP contribution in [-0.4, -0.2) is 47.7 Å². The largest absolute Gasteiger partial charge is 0.504 e. The third-order valence-electron chi connectivity index (χ3n) is 10.5. The molecule has 15 heteroatoms. The Balaban J connectivity index is 1.31. The normalized spacial score (nSPS) is 23.1. The van der Waals surface area contributed by atoms with Crippen molar-refractivity contribution in [2.45, 2.75) is 38.8 Å². The Morgan fingerprint density at radius 3 is 2.59 bits per heavy atom. The van der Waals surface area contributed by atoms with E-state index in [1.165, 1.54) is 33.1 Å². The molecule has 1 N–H and O–H groups in total. The number of benzene rings is 2. The molecule has 1 aliphatic carbocycles. The first-order valence-corrected chi connectivity index (χ1v) is 17.5. The number of halogens is 2. The lowest BCUT2D eigenvalue weighted by atomic mass is 9.56. The van der Waals surface area contributed by atoms with Crippen LogP contribution in [0.4, 0.5) is 5.82 Å². The minimum atomic E-state index is -1.39. The van der Waals surface area contributed by atoms with Crippen LogP contribution in [0.15, 0.2) is 62.1 Å². The number of allylic oxidation sites excluding steroid dienone is 2. The van der Waals surface area contributed by atoms with Crippen LogP contribution in [-0.2, 0) is 30.2 Å². The molecule has 3 aliphatic rings. The van der Waals surface area contributed by atoms with Gasteiger partial charge in [-0.2, -0.15) is 5.10 Å². The predicted octanol–water partition coefficient (Wildman–Crippen LogP) is 5.27. The van der Waals surface area contributed by atoms with Crippen LogP contribution < -0.4 is 21.0 Å². The van der Waals surface area contributed by atoms with Crippen molar-refractivity contribution in [2.75, 3.05) is 12.0 Å². The van der Waals surface area contributed by atoms with Crippen LogP contribution in [0.5, 0.6) is 11.5 Å². The number of hydrogen-bond acceptors (Lipinski definition) is 8. The van der Waals surface area contributed by atoms with Gasteiger partial charge in [-0.3, -0.25) is 14.3 Å². The van der Waals surface area contributed by atoms with Gasteiger partial charge in [-0.15, -0.1) is 11.3 Å². The molecule has 8 rings (SSSR count). The van der Waals surface area contributed by atoms with E-state index in [9.17, 15) is 24.3 Å². The van der Waals surface area contributed by atoms with Gasteiger partial charge in [0.15, 0.2) is 11.5 Å². The number of thiophene rings is 1. The van der Waals surface area contributed by atoms with Crippen LogP contribution >= 0.6 is 38.9 Å². The molecule has 2 fully saturated rings. The third-order valence-corrected chi connectivity index (χ3v) is 12.5. The first-order valence-electron chi connectivity index (χ1n) is 15.5. The number of nitrogens with zero attached hydrogens (tertiary/aromatic N) is 6. The van der Waals surface area contributed by atoms with E-state index in [0.717, 1.165) is 25.1 Å². The number of phenols is 1. The highest BCUT2D eigenvalue weighted by molar-refractivity contribution is 9.10. The minimum absolute atomic E-state index is 0.0839. The summed E-state index contributed by atoms with van der Waals surface area (Å²) >= 11 is 11.4. The van der Waals surface area contributed by atoms with Gasteiger partial charge in [0, 0.05) is 45.8 Å². The van der Waals surface area contributed by atoms with Crippen molar-refractivity contribution in [3.63, 3.8) is 0 Å². The third kappa shape index (κ3) is 4.23. The summed E-state index contributed by atoms with van der Waals surface area (Å²) in [5, 5.41) is 17.9. The number of amides is 2. The fourth-order valence-corrected chi connectivity index (χ4v) is 9.91. The van der Waals surface area contributed by atoms with Gasteiger partial charge in [0.25, 0.3) is 0 Å². The summed E-state index contributed by atoms with van der Waals surface area (Å²) in [7, 11) is 4.54. The molecule has 252 valence electrons. The highest BCUT2D eigenvalue weighted by Crippen LogP contribution is 2.63. The molecule has 2 aliphatic heterocycles. The van der Waals surface area contributed by atoms with Crippen molar-refractivity contribution >= 4 is 66.6 Å². The number of aryl methyl sites for hydroxylation is 2. The first-order chi connectivity index (χ1) is 23.3. The Morgan fingerprint density at radius 2 is 1.86 bits per heavy atom. The molecule has 1 saturated heterocycles. The van der Waals surface area contributed by atoms with E-state index in [1.54, 1.807) is 43.5 Å². The number of methoxy groups -OCH3 is 1. The fraction of sp³-hybridized carbons (Fsp3) is 0.324. The molecule has 4 unspecified atom stereocenters. The Labute approximate surface area is 296 Å². The summed E-state index contributed by atoms with van der Waals surface area (Å²) in [4.78, 5) is 58.2. The predicted molar refractivity (Wildman–Crippen MR) is 189 cm³/mol. The summed E-state index contributed by atoms with van der Waals surface area (Å²) in [6.45, 7) is 3.82. The molecule has 4 atom stereocenters. The number of fused-ring (bicyclic) bond motifs is 5. The Kier molecular flexibility index (Phi) is 7.02. The average molecular weight is 766 g/mol. The van der Waals surface area contributed by atoms with Crippen molar-refractivity contribution in [3.8, 4) is 22.1 Å². The van der Waals surface area contributed by atoms with Gasteiger partial charge in [-0.25, -0.2) is 28.4 Å². The Morgan fingerprint density at radius 1 is 1.10 bits per heavy atom. The lowest BCUT2D eigenvalue weighted by Crippen LogP contribution is -2.49. The molecule has 5 heterocycles. The molecular formula is C34H30BrClN6O6S. The molecular weight excluding hydrogens is 736 g/mol. The zero-order valence-electron chi connectivity index (χ0n) is 27.0. The summed E-state index contributed by atoms with van der Waals surface area (Å²) < 4.78 is 12.4. The van der Waals surface area contributed by atoms with E-state index in [2.05, 4.69) is 15.9 Å². The molecule has 3 aromatic heterocycles. The second kappa shape index (κ2) is 10.8. The number of phenolic OH excluding ortho intramolecular Hbond substituents is 1. The van der Waals surface area contributed by atoms with Crippen LogP contribution in [0, 0.1) is 18.3 Å². The van der Waals surface area contributed by atoms with Gasteiger partial charge in [0.05, 0.1) is 35.9 Å². The molecule has 0 spiro atoms. The van der Waals surface area contributed by atoms with Gasteiger partial charge >= 0.3 is 11.4 Å². The zero-order chi connectivity index (χ0) is 34.8. The van der Waals surface area contributed by atoms with Crippen molar-refractivity contribution in [3.05, 3.63) is 89.6 Å². The minimum Gasteiger partial charge on any atom is -0.504 e. The zero-order valence-corrected chi connectivity index (χ0v) is 30.2. The number of anilines is 1. The number of aromatic nitrogens is 5. The molecule has 5 aromatic rings. The van der Waals surface area contributed by atoms with Gasteiger partial charge in [0.2, 0.25) is 11.8 Å². The van der Waals surface area contributed by atoms with E-state index in [0.29, 0.717) is 32.1 Å². The van der Waals surface area contributed by atoms with E-state index in [-0.39, 0.29) is 24.5 Å². The fourth-order valence-electron chi connectivity index (χ4n) is 8.13. The van der Waals surface area contributed by atoms with Gasteiger partial charge in [-0.1, -0.05) is 33.6 Å². The maximum Gasteiger partial charge on any atom is 0.347 e. The van der Waals surface area contributed by atoms with E-state index >= 15 is 0 Å². The van der Waals surface area contributed by atoms with E-state index in [1.807, 2.05) is 31.2 Å². The summed E-state index contributed by atoms with van der Waals surface area (Å²) in [5.74, 6) is -2.38. The Bertz CT molecular complexity index is 2450. The monoisotopic (exact) mass is 764 g/mol. The van der Waals surface area contributed by atoms with Gasteiger partial charge in [0.1, 0.15) is 11.5 Å². The smallest absolute Gasteiger partial charge is 0.347 e. The van der Waals surface area contributed by atoms with Crippen molar-refractivity contribution in [1.29, 1.82) is 0 Å². The number of hydrogen-bond donors (Lipinski definition) is 1. The lowest BCUT2D eigenvalue weighted by molar-refractivity contribution is -0.129. The highest BCUT2D eigenvalue weighted by atomic mass is 79.9. The summed E-state index contributed by atoms with van der Waals surface area (Å²) in [6, 6.07) is 10.0. The molecule has 12 nitrogen and oxygen atoms in total. The molecule has 2 aromatic carbocycles. The Hall–Kier alpha value is -4.40. The lowest BCUT2D eigenvalue weighted by Gasteiger charge is -2.47. The van der Waals surface area contributed by atoms with Gasteiger partial charge < -0.3 is 9.84 Å². The maximum absolute atomic E-state index is 15.0. The topological polar surface area (TPSA) is 134 Å². The van der Waals surface area contributed by atoms with E-state index < -0.39 is 46.5 Å². The second-order valence-electron chi connectivity index (χ2n) is 13.0. The maximum atomic E-state index is 15.0. The summed E-state index contributed by atoms with van der Waals surface area (Å²) in [5.41, 5.74) is 0.227. The van der Waals surface area contributed by atoms with Crippen molar-refractivity contribution < 1.29 is 19.4 Å². The number of carbonyl (C=O) groups is 2. The SMILES string of the molecule is COc1cc(Br)cc(C2C3=CCn4c(=O)n(C)c(=O)n4C3CC3C(=O)N(c4cc(-c5sc6ccc(Cl)cc6c5C)nn4C)C(=O)C32C)c1O. The van der Waals surface area contributed by atoms with E-state index in [4.69, 9.17) is 21.4 Å². The molecule has 0 bridgehead atoms. The number of ether oxygens (including phenoxy) is 1. The standard InChI is InChI=1S/C34H30BrClN6O6S/c1-15-19-12-17(36)6-7-25(19)49-29(15)22-14-26(39(4)37-22)41-30(44)21-13-23-18(8-9-40-32(46)38(3)33(47)42(23)40)27(34(21,2)31(41)45)20-10-16(35)11-24(48-5)28(20)43/h6-8,10-12,14,21,23,27,43H,9,13H2,1-5H3. The molecule has 2 amide bonds. The summed E-state index contributed by atoms with van der Waals surface area (Å²) in [6.07, 6.45) is 1.93. The quantitative estimate of drug-likeness (QED) is 0.195. The van der Waals surface area contributed by atoms with Crippen LogP contribution in [0.25, 0.3) is 20.7 Å². The molecule has 1 saturated carbocycles. The van der Waals surface area contributed by atoms with Crippen LogP contribution in [0.2, 0.25) is 5.02 Å². The average Bonchev–Trinajstić information content (AvgIpc) is 3.73. The molecule has 49 heavy (non-hydrogen) atoms. The number of imide groups is 1. The number of aromatic hydroxyl groups is 1. The second-order valence-corrected chi connectivity index (χ2v) is 15.4.